The quantitative estimate of drug-likeness (QED) is 0.719. The molecular weight excluding hydrogens is 262 g/mol. The number of likely N-dealkylation sites (tertiary alicyclic amines) is 1. The Morgan fingerprint density at radius 2 is 2.00 bits per heavy atom. The molecule has 86 valence electrons. The number of nitrogens with zero attached hydrogens (tertiary/aromatic N) is 1. The molecule has 0 spiro atoms. The monoisotopic (exact) mass is 277 g/mol. The normalized spacial score (nSPS) is 19.7. The Morgan fingerprint density at radius 3 is 2.40 bits per heavy atom. The predicted molar refractivity (Wildman–Crippen MR) is 60.7 cm³/mol. The summed E-state index contributed by atoms with van der Waals surface area (Å²) in [6, 6.07) is -0.384. The van der Waals surface area contributed by atoms with E-state index in [4.69, 9.17) is 5.73 Å². The van der Waals surface area contributed by atoms with Gasteiger partial charge in [-0.2, -0.15) is 0 Å². The van der Waals surface area contributed by atoms with Crippen LogP contribution in [-0.4, -0.2) is 40.8 Å². The Morgan fingerprint density at radius 1 is 1.47 bits per heavy atom. The van der Waals surface area contributed by atoms with Crippen LogP contribution in [0.5, 0.6) is 0 Å². The molecule has 1 heterocycles. The standard InChI is InChI=1S/C9H16BrN3O2/c1-6(10)8(14)13-4-2-7(3-5-13)12-9(11)15/h6-7H,2-5H2,1H3,(H3,11,12,15). The van der Waals surface area contributed by atoms with Crippen molar-refractivity contribution < 1.29 is 9.59 Å². The molecule has 1 aliphatic heterocycles. The van der Waals surface area contributed by atoms with Crippen LogP contribution in [-0.2, 0) is 4.79 Å². The van der Waals surface area contributed by atoms with Gasteiger partial charge in [-0.3, -0.25) is 4.79 Å². The molecule has 3 N–H and O–H groups in total. The van der Waals surface area contributed by atoms with E-state index >= 15 is 0 Å². The lowest BCUT2D eigenvalue weighted by molar-refractivity contribution is -0.131. The van der Waals surface area contributed by atoms with Gasteiger partial charge in [0.05, 0.1) is 4.83 Å². The van der Waals surface area contributed by atoms with E-state index in [-0.39, 0.29) is 16.8 Å². The summed E-state index contributed by atoms with van der Waals surface area (Å²) in [7, 11) is 0. The number of nitrogens with two attached hydrogens (primary N) is 1. The van der Waals surface area contributed by atoms with Gasteiger partial charge in [0.15, 0.2) is 0 Å². The first kappa shape index (κ1) is 12.3. The first-order valence-corrected chi connectivity index (χ1v) is 5.91. The smallest absolute Gasteiger partial charge is 0.312 e. The molecule has 0 aromatic heterocycles. The summed E-state index contributed by atoms with van der Waals surface area (Å²) in [6.07, 6.45) is 1.54. The minimum atomic E-state index is -0.492. The number of hydrogen-bond donors (Lipinski definition) is 2. The third kappa shape index (κ3) is 3.70. The zero-order valence-electron chi connectivity index (χ0n) is 8.70. The van der Waals surface area contributed by atoms with Crippen LogP contribution in [0.25, 0.3) is 0 Å². The van der Waals surface area contributed by atoms with Crippen LogP contribution in [0.15, 0.2) is 0 Å². The van der Waals surface area contributed by atoms with Crippen molar-refractivity contribution in [3.8, 4) is 0 Å². The highest BCUT2D eigenvalue weighted by molar-refractivity contribution is 9.10. The average molecular weight is 278 g/mol. The number of primary amides is 1. The minimum Gasteiger partial charge on any atom is -0.352 e. The van der Waals surface area contributed by atoms with Gasteiger partial charge in [-0.1, -0.05) is 15.9 Å². The van der Waals surface area contributed by atoms with E-state index in [0.717, 1.165) is 12.8 Å². The van der Waals surface area contributed by atoms with Crippen molar-refractivity contribution in [2.24, 2.45) is 5.73 Å². The lowest BCUT2D eigenvalue weighted by atomic mass is 10.1. The van der Waals surface area contributed by atoms with Crippen molar-refractivity contribution in [3.05, 3.63) is 0 Å². The second kappa shape index (κ2) is 5.34. The van der Waals surface area contributed by atoms with Crippen LogP contribution in [0.4, 0.5) is 4.79 Å². The molecule has 1 aliphatic rings. The fourth-order valence-electron chi connectivity index (χ4n) is 1.70. The summed E-state index contributed by atoms with van der Waals surface area (Å²) in [5, 5.41) is 2.66. The van der Waals surface area contributed by atoms with Crippen molar-refractivity contribution in [1.82, 2.24) is 10.2 Å². The summed E-state index contributed by atoms with van der Waals surface area (Å²) in [5.41, 5.74) is 5.03. The molecule has 1 fully saturated rings. The number of carbonyl (C=O) groups excluding carboxylic acids is 2. The summed E-state index contributed by atoms with van der Waals surface area (Å²) >= 11 is 3.25. The number of piperidine rings is 1. The van der Waals surface area contributed by atoms with Crippen LogP contribution in [0, 0.1) is 0 Å². The predicted octanol–water partition coefficient (Wildman–Crippen LogP) is 0.429. The van der Waals surface area contributed by atoms with Gasteiger partial charge >= 0.3 is 6.03 Å². The molecular formula is C9H16BrN3O2. The highest BCUT2D eigenvalue weighted by Gasteiger charge is 2.25. The second-order valence-electron chi connectivity index (χ2n) is 3.72. The van der Waals surface area contributed by atoms with E-state index in [0.29, 0.717) is 13.1 Å². The Bertz CT molecular complexity index is 250. The maximum absolute atomic E-state index is 11.6. The molecule has 0 bridgehead atoms. The lowest BCUT2D eigenvalue weighted by Crippen LogP contribution is -2.49. The average Bonchev–Trinajstić information content (AvgIpc) is 2.17. The van der Waals surface area contributed by atoms with Crippen LogP contribution < -0.4 is 11.1 Å². The fraction of sp³-hybridized carbons (Fsp3) is 0.778. The second-order valence-corrected chi connectivity index (χ2v) is 5.10. The molecule has 5 nitrogen and oxygen atoms in total. The van der Waals surface area contributed by atoms with Crippen LogP contribution >= 0.6 is 15.9 Å². The van der Waals surface area contributed by atoms with Gasteiger partial charge in [0.1, 0.15) is 0 Å². The number of alkyl halides is 1. The van der Waals surface area contributed by atoms with Gasteiger partial charge in [0.25, 0.3) is 0 Å². The number of amides is 3. The Balaban J connectivity index is 2.35. The number of halogens is 1. The summed E-state index contributed by atoms with van der Waals surface area (Å²) < 4.78 is 0. The van der Waals surface area contributed by atoms with E-state index in [1.807, 2.05) is 6.92 Å². The molecule has 15 heavy (non-hydrogen) atoms. The fourth-order valence-corrected chi connectivity index (χ4v) is 1.99. The number of rotatable bonds is 2. The first-order valence-electron chi connectivity index (χ1n) is 4.99. The molecule has 6 heteroatoms. The van der Waals surface area contributed by atoms with Gasteiger partial charge < -0.3 is 16.0 Å². The Kier molecular flexibility index (Phi) is 4.38. The summed E-state index contributed by atoms with van der Waals surface area (Å²) in [4.78, 5) is 23.9. The molecule has 1 saturated heterocycles. The number of hydrogen-bond acceptors (Lipinski definition) is 2. The minimum absolute atomic E-state index is 0.104. The van der Waals surface area contributed by atoms with E-state index in [2.05, 4.69) is 21.2 Å². The van der Waals surface area contributed by atoms with E-state index in [9.17, 15) is 9.59 Å². The number of urea groups is 1. The van der Waals surface area contributed by atoms with Crippen molar-refractivity contribution in [3.63, 3.8) is 0 Å². The van der Waals surface area contributed by atoms with Crippen molar-refractivity contribution in [2.45, 2.75) is 30.6 Å². The van der Waals surface area contributed by atoms with Crippen molar-refractivity contribution >= 4 is 27.9 Å². The highest BCUT2D eigenvalue weighted by atomic mass is 79.9. The van der Waals surface area contributed by atoms with Gasteiger partial charge in [0.2, 0.25) is 5.91 Å². The molecule has 0 radical (unpaired) electrons. The number of nitrogens with one attached hydrogen (secondary N) is 1. The SMILES string of the molecule is CC(Br)C(=O)N1CCC(NC(N)=O)CC1. The molecule has 0 aromatic carbocycles. The Hall–Kier alpha value is -0.780. The zero-order chi connectivity index (χ0) is 11.4. The van der Waals surface area contributed by atoms with E-state index in [1.165, 1.54) is 0 Å². The molecule has 1 atom stereocenters. The lowest BCUT2D eigenvalue weighted by Gasteiger charge is -2.32. The molecule has 0 aromatic rings. The van der Waals surface area contributed by atoms with Gasteiger partial charge in [0, 0.05) is 19.1 Å². The molecule has 1 unspecified atom stereocenters. The maximum Gasteiger partial charge on any atom is 0.312 e. The van der Waals surface area contributed by atoms with E-state index < -0.39 is 6.03 Å². The molecule has 3 amide bonds. The summed E-state index contributed by atoms with van der Waals surface area (Å²) in [6.45, 7) is 3.18. The van der Waals surface area contributed by atoms with Crippen LogP contribution in [0.3, 0.4) is 0 Å². The van der Waals surface area contributed by atoms with Gasteiger partial charge in [-0.05, 0) is 19.8 Å². The van der Waals surface area contributed by atoms with E-state index in [1.54, 1.807) is 4.90 Å². The zero-order valence-corrected chi connectivity index (χ0v) is 10.3. The topological polar surface area (TPSA) is 75.4 Å². The number of carbonyl (C=O) groups is 2. The van der Waals surface area contributed by atoms with Gasteiger partial charge in [-0.15, -0.1) is 0 Å². The molecule has 0 aliphatic carbocycles. The molecule has 0 saturated carbocycles. The largest absolute Gasteiger partial charge is 0.352 e. The third-order valence-corrected chi connectivity index (χ3v) is 2.88. The first-order chi connectivity index (χ1) is 7.00. The van der Waals surface area contributed by atoms with Crippen LogP contribution in [0.1, 0.15) is 19.8 Å². The van der Waals surface area contributed by atoms with Crippen molar-refractivity contribution in [2.75, 3.05) is 13.1 Å². The molecule has 1 rings (SSSR count). The maximum atomic E-state index is 11.6. The Labute approximate surface area is 97.5 Å². The van der Waals surface area contributed by atoms with Gasteiger partial charge in [-0.25, -0.2) is 4.79 Å². The highest BCUT2D eigenvalue weighted by Crippen LogP contribution is 2.13. The van der Waals surface area contributed by atoms with Crippen molar-refractivity contribution in [1.29, 1.82) is 0 Å². The third-order valence-electron chi connectivity index (χ3n) is 2.49. The van der Waals surface area contributed by atoms with Crippen LogP contribution in [0.2, 0.25) is 0 Å². The summed E-state index contributed by atoms with van der Waals surface area (Å²) in [5.74, 6) is 0.104.